The molecule has 3 nitrogen and oxygen atoms in total. The molecule has 0 amide bonds. The lowest BCUT2D eigenvalue weighted by Gasteiger charge is -2.19. The molecular weight excluding hydrogens is 329 g/mol. The fraction of sp³-hybridized carbons (Fsp3) is 0.318. The van der Waals surface area contributed by atoms with Gasteiger partial charge in [0, 0.05) is 5.69 Å². The van der Waals surface area contributed by atoms with E-state index in [0.29, 0.717) is 11.4 Å². The molecule has 0 spiro atoms. The van der Waals surface area contributed by atoms with Gasteiger partial charge >= 0.3 is 5.97 Å². The van der Waals surface area contributed by atoms with E-state index in [-0.39, 0.29) is 11.4 Å². The van der Waals surface area contributed by atoms with Gasteiger partial charge < -0.3 is 10.4 Å². The third-order valence-corrected chi connectivity index (χ3v) is 4.90. The number of allylic oxidation sites excluding steroid dienone is 1. The first-order valence-electron chi connectivity index (χ1n) is 9.18. The van der Waals surface area contributed by atoms with Crippen LogP contribution in [0, 0.1) is 11.7 Å². The average molecular weight is 353 g/mol. The number of nitrogens with one attached hydrogen (secondary N) is 1. The smallest absolute Gasteiger partial charge is 0.337 e. The molecule has 0 unspecified atom stereocenters. The summed E-state index contributed by atoms with van der Waals surface area (Å²) >= 11 is 0. The fourth-order valence-electron chi connectivity index (χ4n) is 3.46. The number of aromatic carboxylic acids is 1. The van der Waals surface area contributed by atoms with E-state index in [1.807, 2.05) is 12.1 Å². The summed E-state index contributed by atoms with van der Waals surface area (Å²) in [6.45, 7) is 0. The second-order valence-corrected chi connectivity index (χ2v) is 6.88. The SMILES string of the molecule is O=C(O)c1ccc(C=CCC2CCCCC2)cc1Nc1ccc(F)cc1. The molecule has 26 heavy (non-hydrogen) atoms. The third-order valence-electron chi connectivity index (χ3n) is 4.90. The molecule has 0 bridgehead atoms. The van der Waals surface area contributed by atoms with Gasteiger partial charge in [-0.05, 0) is 54.3 Å². The largest absolute Gasteiger partial charge is 0.478 e. The van der Waals surface area contributed by atoms with Gasteiger partial charge in [-0.15, -0.1) is 0 Å². The van der Waals surface area contributed by atoms with Gasteiger partial charge in [0.2, 0.25) is 0 Å². The van der Waals surface area contributed by atoms with E-state index in [1.54, 1.807) is 18.2 Å². The Kier molecular flexibility index (Phi) is 6.05. The second-order valence-electron chi connectivity index (χ2n) is 6.88. The number of anilines is 2. The predicted octanol–water partition coefficient (Wildman–Crippen LogP) is 6.25. The summed E-state index contributed by atoms with van der Waals surface area (Å²) in [6, 6.07) is 11.1. The maximum Gasteiger partial charge on any atom is 0.337 e. The van der Waals surface area contributed by atoms with Crippen LogP contribution in [0.4, 0.5) is 15.8 Å². The first kappa shape index (κ1) is 18.2. The van der Waals surface area contributed by atoms with E-state index in [1.165, 1.54) is 44.2 Å². The van der Waals surface area contributed by atoms with Crippen LogP contribution in [0.25, 0.3) is 6.08 Å². The number of hydrogen-bond acceptors (Lipinski definition) is 2. The molecule has 0 radical (unpaired) electrons. The van der Waals surface area contributed by atoms with Crippen LogP contribution in [0.1, 0.15) is 54.4 Å². The Labute approximate surface area is 153 Å². The van der Waals surface area contributed by atoms with E-state index >= 15 is 0 Å². The summed E-state index contributed by atoms with van der Waals surface area (Å²) < 4.78 is 13.1. The van der Waals surface area contributed by atoms with Crippen molar-refractivity contribution in [2.24, 2.45) is 5.92 Å². The molecule has 1 aliphatic rings. The first-order chi connectivity index (χ1) is 12.6. The van der Waals surface area contributed by atoms with Crippen LogP contribution in [0.15, 0.2) is 48.5 Å². The van der Waals surface area contributed by atoms with Crippen molar-refractivity contribution in [2.45, 2.75) is 38.5 Å². The first-order valence-corrected chi connectivity index (χ1v) is 9.18. The highest BCUT2D eigenvalue weighted by atomic mass is 19.1. The Bertz CT molecular complexity index is 777. The summed E-state index contributed by atoms with van der Waals surface area (Å²) in [7, 11) is 0. The summed E-state index contributed by atoms with van der Waals surface area (Å²) in [5.74, 6) is -0.546. The van der Waals surface area contributed by atoms with Gasteiger partial charge in [0.1, 0.15) is 5.82 Å². The molecule has 3 rings (SSSR count). The van der Waals surface area contributed by atoms with Crippen LogP contribution >= 0.6 is 0 Å². The standard InChI is InChI=1S/C22H24FNO2/c23-18-10-12-19(13-11-18)24-21-15-17(9-14-20(21)22(25)26)8-4-7-16-5-2-1-3-6-16/h4,8-16,24H,1-3,5-7H2,(H,25,26). The van der Waals surface area contributed by atoms with E-state index in [0.717, 1.165) is 17.9 Å². The van der Waals surface area contributed by atoms with Gasteiger partial charge in [0.15, 0.2) is 0 Å². The molecule has 1 saturated carbocycles. The summed E-state index contributed by atoms with van der Waals surface area (Å²) in [4.78, 5) is 11.5. The average Bonchev–Trinajstić information content (AvgIpc) is 2.64. The third kappa shape index (κ3) is 4.94. The van der Waals surface area contributed by atoms with Crippen LogP contribution < -0.4 is 5.32 Å². The molecule has 1 aliphatic carbocycles. The van der Waals surface area contributed by atoms with Gasteiger partial charge in [-0.3, -0.25) is 0 Å². The lowest BCUT2D eigenvalue weighted by molar-refractivity contribution is 0.0698. The van der Waals surface area contributed by atoms with Crippen molar-refractivity contribution in [3.63, 3.8) is 0 Å². The van der Waals surface area contributed by atoms with Crippen LogP contribution in [0.5, 0.6) is 0 Å². The minimum Gasteiger partial charge on any atom is -0.478 e. The Morgan fingerprint density at radius 1 is 1.12 bits per heavy atom. The van der Waals surface area contributed by atoms with Crippen molar-refractivity contribution in [2.75, 3.05) is 5.32 Å². The van der Waals surface area contributed by atoms with Crippen molar-refractivity contribution in [1.82, 2.24) is 0 Å². The Morgan fingerprint density at radius 3 is 2.54 bits per heavy atom. The van der Waals surface area contributed by atoms with E-state index in [9.17, 15) is 14.3 Å². The van der Waals surface area contributed by atoms with Crippen LogP contribution in [0.3, 0.4) is 0 Å². The molecule has 2 aromatic carbocycles. The van der Waals surface area contributed by atoms with Gasteiger partial charge in [-0.1, -0.05) is 50.3 Å². The molecule has 0 saturated heterocycles. The second kappa shape index (κ2) is 8.65. The number of carboxylic acids is 1. The van der Waals surface area contributed by atoms with E-state index in [2.05, 4.69) is 17.5 Å². The molecule has 2 N–H and O–H groups in total. The molecule has 136 valence electrons. The van der Waals surface area contributed by atoms with Crippen molar-refractivity contribution in [3.05, 3.63) is 65.5 Å². The molecular formula is C22H24FNO2. The van der Waals surface area contributed by atoms with Gasteiger partial charge in [-0.25, -0.2) is 9.18 Å². The van der Waals surface area contributed by atoms with Crippen molar-refractivity contribution in [1.29, 1.82) is 0 Å². The highest BCUT2D eigenvalue weighted by molar-refractivity contribution is 5.95. The van der Waals surface area contributed by atoms with Crippen molar-refractivity contribution < 1.29 is 14.3 Å². The predicted molar refractivity (Wildman–Crippen MR) is 103 cm³/mol. The Hall–Kier alpha value is -2.62. The van der Waals surface area contributed by atoms with E-state index < -0.39 is 5.97 Å². The highest BCUT2D eigenvalue weighted by Gasteiger charge is 2.12. The summed E-state index contributed by atoms with van der Waals surface area (Å²) in [5, 5.41) is 12.5. The number of halogens is 1. The van der Waals surface area contributed by atoms with E-state index in [4.69, 9.17) is 0 Å². The normalized spacial score (nSPS) is 15.3. The molecule has 0 atom stereocenters. The maximum absolute atomic E-state index is 13.1. The highest BCUT2D eigenvalue weighted by Crippen LogP contribution is 2.27. The molecule has 2 aromatic rings. The maximum atomic E-state index is 13.1. The lowest BCUT2D eigenvalue weighted by Crippen LogP contribution is -2.04. The summed E-state index contributed by atoms with van der Waals surface area (Å²) in [6.07, 6.45) is 11.9. The Morgan fingerprint density at radius 2 is 1.85 bits per heavy atom. The zero-order valence-corrected chi connectivity index (χ0v) is 14.7. The van der Waals surface area contributed by atoms with Gasteiger partial charge in [0.25, 0.3) is 0 Å². The summed E-state index contributed by atoms with van der Waals surface area (Å²) in [5.41, 5.74) is 2.30. The quantitative estimate of drug-likeness (QED) is 0.645. The molecule has 1 fully saturated rings. The van der Waals surface area contributed by atoms with Gasteiger partial charge in [-0.2, -0.15) is 0 Å². The number of rotatable bonds is 6. The Balaban J connectivity index is 1.74. The number of benzene rings is 2. The van der Waals surface area contributed by atoms with Gasteiger partial charge in [0.05, 0.1) is 11.3 Å². The zero-order chi connectivity index (χ0) is 18.4. The van der Waals surface area contributed by atoms with Crippen LogP contribution in [-0.4, -0.2) is 11.1 Å². The molecule has 0 heterocycles. The monoisotopic (exact) mass is 353 g/mol. The number of carbonyl (C=O) groups is 1. The minimum absolute atomic E-state index is 0.193. The van der Waals surface area contributed by atoms with Crippen LogP contribution in [0.2, 0.25) is 0 Å². The van der Waals surface area contributed by atoms with Crippen LogP contribution in [-0.2, 0) is 0 Å². The molecule has 0 aromatic heterocycles. The lowest BCUT2D eigenvalue weighted by atomic mass is 9.87. The topological polar surface area (TPSA) is 49.3 Å². The molecule has 0 aliphatic heterocycles. The number of carboxylic acid groups (broad SMARTS) is 1. The minimum atomic E-state index is -0.993. The van der Waals surface area contributed by atoms with Crippen molar-refractivity contribution >= 4 is 23.4 Å². The molecule has 4 heteroatoms. The van der Waals surface area contributed by atoms with Crippen molar-refractivity contribution in [3.8, 4) is 0 Å². The fourth-order valence-corrected chi connectivity index (χ4v) is 3.46. The number of hydrogen-bond donors (Lipinski definition) is 2. The zero-order valence-electron chi connectivity index (χ0n) is 14.7.